The molecule has 0 fully saturated rings. The first-order valence-electron chi connectivity index (χ1n) is 5.40. The third-order valence-electron chi connectivity index (χ3n) is 2.28. The van der Waals surface area contributed by atoms with E-state index in [9.17, 15) is 9.90 Å². The van der Waals surface area contributed by atoms with Crippen LogP contribution >= 0.6 is 11.8 Å². The highest BCUT2D eigenvalue weighted by atomic mass is 32.2. The van der Waals surface area contributed by atoms with Gasteiger partial charge in [-0.05, 0) is 13.2 Å². The number of rotatable bonds is 7. The topological polar surface area (TPSA) is 95.3 Å². The van der Waals surface area contributed by atoms with E-state index in [1.54, 1.807) is 18.7 Å². The minimum Gasteiger partial charge on any atom is -0.478 e. The number of hydrogen-bond donors (Lipinski definition) is 3. The SMILES string of the molecule is CSCC(C)(O)CNCc1ncncc1C(=O)O. The van der Waals surface area contributed by atoms with Crippen LogP contribution < -0.4 is 5.32 Å². The van der Waals surface area contributed by atoms with E-state index < -0.39 is 11.6 Å². The van der Waals surface area contributed by atoms with Crippen molar-refractivity contribution in [2.75, 3.05) is 18.6 Å². The van der Waals surface area contributed by atoms with Crippen molar-refractivity contribution in [3.05, 3.63) is 23.8 Å². The second-order valence-corrected chi connectivity index (χ2v) is 5.09. The van der Waals surface area contributed by atoms with Crippen LogP contribution in [0.25, 0.3) is 0 Å². The number of carboxylic acids is 1. The smallest absolute Gasteiger partial charge is 0.339 e. The van der Waals surface area contributed by atoms with Gasteiger partial charge < -0.3 is 15.5 Å². The molecule has 1 unspecified atom stereocenters. The molecule has 0 aliphatic carbocycles. The Morgan fingerprint density at radius 3 is 2.94 bits per heavy atom. The molecule has 1 heterocycles. The van der Waals surface area contributed by atoms with Gasteiger partial charge >= 0.3 is 5.97 Å². The second-order valence-electron chi connectivity index (χ2n) is 4.22. The molecule has 6 nitrogen and oxygen atoms in total. The summed E-state index contributed by atoms with van der Waals surface area (Å²) >= 11 is 1.55. The fourth-order valence-corrected chi connectivity index (χ4v) is 2.21. The molecule has 0 saturated heterocycles. The van der Waals surface area contributed by atoms with Gasteiger partial charge in [0.1, 0.15) is 11.9 Å². The molecule has 0 aliphatic rings. The van der Waals surface area contributed by atoms with Crippen LogP contribution in [0.1, 0.15) is 23.0 Å². The molecule has 18 heavy (non-hydrogen) atoms. The molecule has 0 saturated carbocycles. The van der Waals surface area contributed by atoms with Crippen molar-refractivity contribution in [1.82, 2.24) is 15.3 Å². The molecule has 100 valence electrons. The lowest BCUT2D eigenvalue weighted by molar-refractivity contribution is 0.0694. The number of aliphatic hydroxyl groups is 1. The summed E-state index contributed by atoms with van der Waals surface area (Å²) in [6, 6.07) is 0. The maximum atomic E-state index is 10.9. The van der Waals surface area contributed by atoms with Crippen LogP contribution in [0.15, 0.2) is 12.5 Å². The molecule has 0 aliphatic heterocycles. The summed E-state index contributed by atoms with van der Waals surface area (Å²) in [5.41, 5.74) is -0.331. The Morgan fingerprint density at radius 1 is 1.61 bits per heavy atom. The summed E-state index contributed by atoms with van der Waals surface area (Å²) in [4.78, 5) is 18.5. The van der Waals surface area contributed by atoms with Crippen LogP contribution in [0, 0.1) is 0 Å². The highest BCUT2D eigenvalue weighted by Crippen LogP contribution is 2.10. The van der Waals surface area contributed by atoms with Crippen molar-refractivity contribution in [1.29, 1.82) is 0 Å². The van der Waals surface area contributed by atoms with E-state index in [2.05, 4.69) is 15.3 Å². The lowest BCUT2D eigenvalue weighted by atomic mass is 10.1. The van der Waals surface area contributed by atoms with Gasteiger partial charge in [-0.2, -0.15) is 11.8 Å². The summed E-state index contributed by atoms with van der Waals surface area (Å²) in [7, 11) is 0. The number of thioether (sulfide) groups is 1. The third kappa shape index (κ3) is 4.59. The monoisotopic (exact) mass is 271 g/mol. The number of aromatic carboxylic acids is 1. The average Bonchev–Trinajstić information content (AvgIpc) is 2.29. The van der Waals surface area contributed by atoms with Crippen molar-refractivity contribution >= 4 is 17.7 Å². The zero-order valence-corrected chi connectivity index (χ0v) is 11.2. The molecule has 0 bridgehead atoms. The van der Waals surface area contributed by atoms with Crippen molar-refractivity contribution in [3.8, 4) is 0 Å². The average molecular weight is 271 g/mol. The maximum absolute atomic E-state index is 10.9. The van der Waals surface area contributed by atoms with E-state index in [0.717, 1.165) is 0 Å². The van der Waals surface area contributed by atoms with Crippen LogP contribution in [0.4, 0.5) is 0 Å². The van der Waals surface area contributed by atoms with Gasteiger partial charge in [-0.15, -0.1) is 0 Å². The standard InChI is InChI=1S/C11H17N3O3S/c1-11(17,6-18-2)5-12-4-9-8(10(15)16)3-13-7-14-9/h3,7,12,17H,4-6H2,1-2H3,(H,15,16). The first-order chi connectivity index (χ1) is 8.46. The molecular weight excluding hydrogens is 254 g/mol. The zero-order chi connectivity index (χ0) is 13.6. The largest absolute Gasteiger partial charge is 0.478 e. The molecule has 1 rings (SSSR count). The number of hydrogen-bond acceptors (Lipinski definition) is 6. The quantitative estimate of drug-likeness (QED) is 0.659. The van der Waals surface area contributed by atoms with Crippen molar-refractivity contribution < 1.29 is 15.0 Å². The van der Waals surface area contributed by atoms with Crippen molar-refractivity contribution in [2.45, 2.75) is 19.1 Å². The van der Waals surface area contributed by atoms with E-state index in [1.165, 1.54) is 12.5 Å². The maximum Gasteiger partial charge on any atom is 0.339 e. The number of carbonyl (C=O) groups is 1. The summed E-state index contributed by atoms with van der Waals surface area (Å²) in [5.74, 6) is -0.446. The van der Waals surface area contributed by atoms with E-state index in [1.807, 2.05) is 6.26 Å². The fourth-order valence-electron chi connectivity index (χ4n) is 1.49. The van der Waals surface area contributed by atoms with Gasteiger partial charge in [-0.3, -0.25) is 0 Å². The Labute approximate surface area is 110 Å². The van der Waals surface area contributed by atoms with Gasteiger partial charge in [0.05, 0.1) is 11.3 Å². The summed E-state index contributed by atoms with van der Waals surface area (Å²) < 4.78 is 0. The van der Waals surface area contributed by atoms with Gasteiger partial charge in [0, 0.05) is 25.0 Å². The molecule has 0 aromatic carbocycles. The molecule has 1 atom stereocenters. The fraction of sp³-hybridized carbons (Fsp3) is 0.545. The van der Waals surface area contributed by atoms with E-state index in [0.29, 0.717) is 18.0 Å². The lowest BCUT2D eigenvalue weighted by Gasteiger charge is -2.22. The van der Waals surface area contributed by atoms with Gasteiger partial charge in [0.2, 0.25) is 0 Å². The molecule has 3 N–H and O–H groups in total. The van der Waals surface area contributed by atoms with E-state index in [4.69, 9.17) is 5.11 Å². The van der Waals surface area contributed by atoms with Crippen LogP contribution in [0.3, 0.4) is 0 Å². The Bertz CT molecular complexity index is 412. The van der Waals surface area contributed by atoms with Gasteiger partial charge in [0.15, 0.2) is 0 Å². The minimum absolute atomic E-state index is 0.0782. The number of nitrogens with one attached hydrogen (secondary N) is 1. The van der Waals surface area contributed by atoms with Gasteiger partial charge in [0.25, 0.3) is 0 Å². The summed E-state index contributed by atoms with van der Waals surface area (Å²) in [6.45, 7) is 2.39. The highest BCUT2D eigenvalue weighted by molar-refractivity contribution is 7.98. The molecule has 7 heteroatoms. The predicted molar refractivity (Wildman–Crippen MR) is 69.7 cm³/mol. The summed E-state index contributed by atoms with van der Waals surface area (Å²) in [6.07, 6.45) is 4.50. The number of aromatic nitrogens is 2. The first kappa shape index (κ1) is 14.9. The number of carboxylic acid groups (broad SMARTS) is 1. The van der Waals surface area contributed by atoms with Gasteiger partial charge in [-0.25, -0.2) is 14.8 Å². The Kier molecular flexibility index (Phi) is 5.52. The molecule has 1 aromatic rings. The molecule has 0 radical (unpaired) electrons. The second kappa shape index (κ2) is 6.67. The van der Waals surface area contributed by atoms with E-state index in [-0.39, 0.29) is 12.1 Å². The van der Waals surface area contributed by atoms with Crippen LogP contribution in [-0.4, -0.2) is 50.3 Å². The van der Waals surface area contributed by atoms with Crippen LogP contribution in [0.2, 0.25) is 0 Å². The molecule has 0 spiro atoms. The van der Waals surface area contributed by atoms with Crippen molar-refractivity contribution in [3.63, 3.8) is 0 Å². The first-order valence-corrected chi connectivity index (χ1v) is 6.80. The van der Waals surface area contributed by atoms with Crippen molar-refractivity contribution in [2.24, 2.45) is 0 Å². The molecule has 0 amide bonds. The zero-order valence-electron chi connectivity index (χ0n) is 10.4. The lowest BCUT2D eigenvalue weighted by Crippen LogP contribution is -2.40. The normalized spacial score (nSPS) is 14.2. The minimum atomic E-state index is -1.05. The van der Waals surface area contributed by atoms with E-state index >= 15 is 0 Å². The predicted octanol–water partition coefficient (Wildman–Crippen LogP) is 0.378. The Balaban J connectivity index is 2.56. The summed E-state index contributed by atoms with van der Waals surface area (Å²) in [5, 5.41) is 21.9. The van der Waals surface area contributed by atoms with Gasteiger partial charge in [-0.1, -0.05) is 0 Å². The number of nitrogens with zero attached hydrogens (tertiary/aromatic N) is 2. The Morgan fingerprint density at radius 2 is 2.33 bits per heavy atom. The molecule has 1 aromatic heterocycles. The third-order valence-corrected chi connectivity index (χ3v) is 3.19. The van der Waals surface area contributed by atoms with Crippen LogP contribution in [0.5, 0.6) is 0 Å². The molecular formula is C11H17N3O3S. The highest BCUT2D eigenvalue weighted by Gasteiger charge is 2.19. The van der Waals surface area contributed by atoms with Crippen LogP contribution in [-0.2, 0) is 6.54 Å². The Hall–Kier alpha value is -1.18.